The van der Waals surface area contributed by atoms with Crippen LogP contribution in [0.4, 0.5) is 0 Å². The molecule has 0 N–H and O–H groups in total. The van der Waals surface area contributed by atoms with Crippen molar-refractivity contribution < 1.29 is 0 Å². The van der Waals surface area contributed by atoms with Crippen molar-refractivity contribution in [3.8, 4) is 0 Å². The van der Waals surface area contributed by atoms with Crippen LogP contribution in [0.3, 0.4) is 0 Å². The Kier molecular flexibility index (Phi) is 2.00. The zero-order chi connectivity index (χ0) is 9.26. The van der Waals surface area contributed by atoms with Crippen molar-refractivity contribution in [2.45, 2.75) is 20.3 Å². The minimum atomic E-state index is 0.689. The molecule has 0 saturated carbocycles. The number of hydrogen-bond donors (Lipinski definition) is 0. The Morgan fingerprint density at radius 2 is 2.23 bits per heavy atom. The Morgan fingerprint density at radius 3 is 3.00 bits per heavy atom. The molecule has 0 amide bonds. The van der Waals surface area contributed by atoms with Crippen LogP contribution in [0, 0.1) is 5.92 Å². The molecule has 0 saturated heterocycles. The number of hydrogen-bond acceptors (Lipinski definition) is 2. The van der Waals surface area contributed by atoms with Crippen molar-refractivity contribution in [1.82, 2.24) is 14.6 Å². The summed E-state index contributed by atoms with van der Waals surface area (Å²) in [5.41, 5.74) is 2.25. The van der Waals surface area contributed by atoms with Gasteiger partial charge in [0.05, 0.1) is 0 Å². The summed E-state index contributed by atoms with van der Waals surface area (Å²) in [4.78, 5) is 0. The molecule has 2 aromatic rings. The number of fused-ring (bicyclic) bond motifs is 1. The van der Waals surface area contributed by atoms with E-state index in [1.165, 1.54) is 5.56 Å². The van der Waals surface area contributed by atoms with E-state index in [4.69, 9.17) is 0 Å². The first-order valence-electron chi connectivity index (χ1n) is 4.54. The molecule has 0 aliphatic carbocycles. The molecule has 0 atom stereocenters. The van der Waals surface area contributed by atoms with E-state index >= 15 is 0 Å². The van der Waals surface area contributed by atoms with Gasteiger partial charge in [0.2, 0.25) is 0 Å². The minimum absolute atomic E-state index is 0.689. The molecule has 0 aliphatic heterocycles. The zero-order valence-electron chi connectivity index (χ0n) is 7.94. The average molecular weight is 175 g/mol. The quantitative estimate of drug-likeness (QED) is 0.698. The third kappa shape index (κ3) is 1.69. The van der Waals surface area contributed by atoms with Crippen LogP contribution in [0.2, 0.25) is 0 Å². The largest absolute Gasteiger partial charge is 0.289 e. The molecule has 3 nitrogen and oxygen atoms in total. The topological polar surface area (TPSA) is 30.2 Å². The summed E-state index contributed by atoms with van der Waals surface area (Å²) < 4.78 is 1.96. The molecular formula is C10H13N3. The maximum Gasteiger partial charge on any atom is 0.160 e. The van der Waals surface area contributed by atoms with Gasteiger partial charge >= 0.3 is 0 Å². The second kappa shape index (κ2) is 3.17. The Labute approximate surface area is 77.4 Å². The molecule has 0 unspecified atom stereocenters. The molecule has 0 spiro atoms. The van der Waals surface area contributed by atoms with Crippen molar-refractivity contribution in [3.63, 3.8) is 0 Å². The van der Waals surface area contributed by atoms with Gasteiger partial charge in [-0.1, -0.05) is 19.9 Å². The third-order valence-electron chi connectivity index (χ3n) is 2.00. The van der Waals surface area contributed by atoms with E-state index in [1.807, 2.05) is 10.5 Å². The molecule has 0 bridgehead atoms. The monoisotopic (exact) mass is 175 g/mol. The summed E-state index contributed by atoms with van der Waals surface area (Å²) >= 11 is 0. The molecule has 0 aromatic carbocycles. The second-order valence-electron chi connectivity index (χ2n) is 3.73. The number of pyridine rings is 1. The van der Waals surface area contributed by atoms with E-state index in [0.29, 0.717) is 5.92 Å². The summed E-state index contributed by atoms with van der Waals surface area (Å²) in [5, 5.41) is 7.79. The van der Waals surface area contributed by atoms with Crippen molar-refractivity contribution >= 4 is 5.65 Å². The van der Waals surface area contributed by atoms with E-state index in [0.717, 1.165) is 12.1 Å². The van der Waals surface area contributed by atoms with Crippen LogP contribution in [0.25, 0.3) is 5.65 Å². The SMILES string of the molecule is CC(C)Cc1ccc2nncn2c1. The lowest BCUT2D eigenvalue weighted by atomic mass is 10.1. The van der Waals surface area contributed by atoms with E-state index in [1.54, 1.807) is 6.33 Å². The fraction of sp³-hybridized carbons (Fsp3) is 0.400. The molecule has 2 rings (SSSR count). The summed E-state index contributed by atoms with van der Waals surface area (Å²) in [6.45, 7) is 4.44. The van der Waals surface area contributed by atoms with Gasteiger partial charge in [-0.3, -0.25) is 4.40 Å². The van der Waals surface area contributed by atoms with Crippen LogP contribution in [0.5, 0.6) is 0 Å². The summed E-state index contributed by atoms with van der Waals surface area (Å²) in [6.07, 6.45) is 4.93. The Morgan fingerprint density at radius 1 is 1.38 bits per heavy atom. The molecular weight excluding hydrogens is 162 g/mol. The smallest absolute Gasteiger partial charge is 0.160 e. The highest BCUT2D eigenvalue weighted by Crippen LogP contribution is 2.08. The van der Waals surface area contributed by atoms with Crippen molar-refractivity contribution in [3.05, 3.63) is 30.2 Å². The lowest BCUT2D eigenvalue weighted by molar-refractivity contribution is 0.645. The maximum atomic E-state index is 3.95. The average Bonchev–Trinajstić information content (AvgIpc) is 2.49. The van der Waals surface area contributed by atoms with E-state index in [-0.39, 0.29) is 0 Å². The van der Waals surface area contributed by atoms with Crippen molar-refractivity contribution in [2.24, 2.45) is 5.92 Å². The first-order valence-corrected chi connectivity index (χ1v) is 4.54. The van der Waals surface area contributed by atoms with Crippen LogP contribution in [-0.2, 0) is 6.42 Å². The highest BCUT2D eigenvalue weighted by molar-refractivity contribution is 5.37. The molecule has 0 aliphatic rings. The standard InChI is InChI=1S/C10H13N3/c1-8(2)5-9-3-4-10-12-11-7-13(10)6-9/h3-4,6-8H,5H2,1-2H3. The summed E-state index contributed by atoms with van der Waals surface area (Å²) in [7, 11) is 0. The number of nitrogens with zero attached hydrogens (tertiary/aromatic N) is 3. The number of aromatic nitrogens is 3. The predicted octanol–water partition coefficient (Wildman–Crippen LogP) is 1.93. The van der Waals surface area contributed by atoms with E-state index < -0.39 is 0 Å². The zero-order valence-corrected chi connectivity index (χ0v) is 7.94. The lowest BCUT2D eigenvalue weighted by Gasteiger charge is -2.04. The molecule has 0 fully saturated rings. The van der Waals surface area contributed by atoms with Gasteiger partial charge in [0.25, 0.3) is 0 Å². The maximum absolute atomic E-state index is 3.95. The second-order valence-corrected chi connectivity index (χ2v) is 3.73. The van der Waals surface area contributed by atoms with Crippen LogP contribution in [0.15, 0.2) is 24.7 Å². The highest BCUT2D eigenvalue weighted by atomic mass is 15.2. The fourth-order valence-corrected chi connectivity index (χ4v) is 1.47. The molecule has 68 valence electrons. The Bertz CT molecular complexity index is 403. The Hall–Kier alpha value is -1.38. The molecule has 2 heterocycles. The molecule has 3 heteroatoms. The normalized spacial score (nSPS) is 11.3. The first-order chi connectivity index (χ1) is 6.25. The van der Waals surface area contributed by atoms with Gasteiger partial charge in [0.1, 0.15) is 6.33 Å². The van der Waals surface area contributed by atoms with Crippen molar-refractivity contribution in [2.75, 3.05) is 0 Å². The molecule has 0 radical (unpaired) electrons. The number of rotatable bonds is 2. The van der Waals surface area contributed by atoms with Gasteiger partial charge in [-0.2, -0.15) is 0 Å². The van der Waals surface area contributed by atoms with Gasteiger partial charge in [-0.05, 0) is 24.0 Å². The van der Waals surface area contributed by atoms with E-state index in [9.17, 15) is 0 Å². The van der Waals surface area contributed by atoms with Crippen LogP contribution in [-0.4, -0.2) is 14.6 Å². The van der Waals surface area contributed by atoms with Gasteiger partial charge in [-0.25, -0.2) is 0 Å². The van der Waals surface area contributed by atoms with Crippen LogP contribution in [0.1, 0.15) is 19.4 Å². The molecule has 13 heavy (non-hydrogen) atoms. The lowest BCUT2D eigenvalue weighted by Crippen LogP contribution is -1.95. The van der Waals surface area contributed by atoms with Crippen molar-refractivity contribution in [1.29, 1.82) is 0 Å². The molecule has 2 aromatic heterocycles. The Balaban J connectivity index is 2.37. The highest BCUT2D eigenvalue weighted by Gasteiger charge is 1.99. The fourth-order valence-electron chi connectivity index (χ4n) is 1.47. The van der Waals surface area contributed by atoms with Gasteiger partial charge in [-0.15, -0.1) is 10.2 Å². The summed E-state index contributed by atoms with van der Waals surface area (Å²) in [5.74, 6) is 0.689. The minimum Gasteiger partial charge on any atom is -0.289 e. The van der Waals surface area contributed by atoms with Gasteiger partial charge in [0.15, 0.2) is 5.65 Å². The summed E-state index contributed by atoms with van der Waals surface area (Å²) in [6, 6.07) is 4.12. The predicted molar refractivity (Wildman–Crippen MR) is 51.5 cm³/mol. The first kappa shape index (κ1) is 8.23. The van der Waals surface area contributed by atoms with Gasteiger partial charge < -0.3 is 0 Å². The van der Waals surface area contributed by atoms with Gasteiger partial charge in [0, 0.05) is 6.20 Å². The van der Waals surface area contributed by atoms with E-state index in [2.05, 4.69) is 36.3 Å². The van der Waals surface area contributed by atoms with Crippen LogP contribution >= 0.6 is 0 Å². The van der Waals surface area contributed by atoms with Crippen LogP contribution < -0.4 is 0 Å². The third-order valence-corrected chi connectivity index (χ3v) is 2.00.